The third-order valence-electron chi connectivity index (χ3n) is 3.13. The Kier molecular flexibility index (Phi) is 7.59. The second-order valence-electron chi connectivity index (χ2n) is 4.95. The SMILES string of the molecule is COC(=O)c1ccc(OC(=O)CCCCCCC(=O)O)cc1O. The zero-order valence-corrected chi connectivity index (χ0v) is 12.9. The molecule has 7 heteroatoms. The van der Waals surface area contributed by atoms with Crippen LogP contribution in [-0.2, 0) is 14.3 Å². The lowest BCUT2D eigenvalue weighted by molar-refractivity contribution is -0.137. The normalized spacial score (nSPS) is 10.1. The summed E-state index contributed by atoms with van der Waals surface area (Å²) >= 11 is 0. The largest absolute Gasteiger partial charge is 0.507 e. The van der Waals surface area contributed by atoms with Crippen molar-refractivity contribution in [2.24, 2.45) is 0 Å². The number of aliphatic carboxylic acids is 1. The fourth-order valence-corrected chi connectivity index (χ4v) is 1.94. The van der Waals surface area contributed by atoms with Gasteiger partial charge in [-0.1, -0.05) is 12.8 Å². The monoisotopic (exact) mass is 324 g/mol. The van der Waals surface area contributed by atoms with Crippen LogP contribution in [0.1, 0.15) is 48.9 Å². The van der Waals surface area contributed by atoms with Gasteiger partial charge < -0.3 is 19.7 Å². The number of rotatable bonds is 9. The number of phenols is 1. The maximum Gasteiger partial charge on any atom is 0.341 e. The van der Waals surface area contributed by atoms with Crippen LogP contribution < -0.4 is 4.74 Å². The molecule has 0 spiro atoms. The predicted octanol–water partition coefficient (Wildman–Crippen LogP) is 2.51. The van der Waals surface area contributed by atoms with Gasteiger partial charge in [0, 0.05) is 18.9 Å². The summed E-state index contributed by atoms with van der Waals surface area (Å²) in [5, 5.41) is 18.2. The Morgan fingerprint density at radius 1 is 1.04 bits per heavy atom. The van der Waals surface area contributed by atoms with Crippen LogP contribution in [0.25, 0.3) is 0 Å². The number of ether oxygens (including phenoxy) is 2. The zero-order valence-electron chi connectivity index (χ0n) is 12.9. The lowest BCUT2D eigenvalue weighted by Crippen LogP contribution is -2.08. The van der Waals surface area contributed by atoms with Gasteiger partial charge in [0.1, 0.15) is 17.1 Å². The topological polar surface area (TPSA) is 110 Å². The molecule has 0 aliphatic heterocycles. The number of unbranched alkanes of at least 4 members (excludes halogenated alkanes) is 3. The molecule has 0 saturated carbocycles. The van der Waals surface area contributed by atoms with Crippen molar-refractivity contribution in [3.8, 4) is 11.5 Å². The number of hydrogen-bond acceptors (Lipinski definition) is 6. The first-order valence-electron chi connectivity index (χ1n) is 7.28. The summed E-state index contributed by atoms with van der Waals surface area (Å²) in [5.41, 5.74) is -0.00858. The standard InChI is InChI=1S/C16H20O7/c1-22-16(21)12-9-8-11(10-13(12)17)23-15(20)7-5-3-2-4-6-14(18)19/h8-10,17H,2-7H2,1H3,(H,18,19). The molecule has 1 rings (SSSR count). The summed E-state index contributed by atoms with van der Waals surface area (Å²) < 4.78 is 9.56. The van der Waals surface area contributed by atoms with E-state index in [0.29, 0.717) is 12.8 Å². The highest BCUT2D eigenvalue weighted by Crippen LogP contribution is 2.24. The maximum absolute atomic E-state index is 11.7. The molecule has 0 radical (unpaired) electrons. The molecule has 7 nitrogen and oxygen atoms in total. The zero-order chi connectivity index (χ0) is 17.2. The molecular weight excluding hydrogens is 304 g/mol. The van der Waals surface area contributed by atoms with Crippen LogP contribution in [0.15, 0.2) is 18.2 Å². The molecule has 0 aromatic heterocycles. The van der Waals surface area contributed by atoms with Crippen LogP contribution in [-0.4, -0.2) is 35.2 Å². The van der Waals surface area contributed by atoms with E-state index in [1.807, 2.05) is 0 Å². The number of aromatic hydroxyl groups is 1. The summed E-state index contributed by atoms with van der Waals surface area (Å²) in [5.74, 6) is -2.13. The molecular formula is C16H20O7. The minimum atomic E-state index is -0.820. The van der Waals surface area contributed by atoms with E-state index >= 15 is 0 Å². The Hall–Kier alpha value is -2.57. The van der Waals surface area contributed by atoms with E-state index in [0.717, 1.165) is 12.8 Å². The molecule has 0 fully saturated rings. The first kappa shape index (κ1) is 18.5. The van der Waals surface area contributed by atoms with Gasteiger partial charge in [-0.25, -0.2) is 4.79 Å². The molecule has 0 aliphatic carbocycles. The van der Waals surface area contributed by atoms with Gasteiger partial charge in [0.15, 0.2) is 0 Å². The number of carboxylic acids is 1. The third-order valence-corrected chi connectivity index (χ3v) is 3.13. The number of esters is 2. The number of hydrogen-bond donors (Lipinski definition) is 2. The van der Waals surface area contributed by atoms with E-state index in [9.17, 15) is 19.5 Å². The Morgan fingerprint density at radius 2 is 1.70 bits per heavy atom. The first-order valence-corrected chi connectivity index (χ1v) is 7.28. The molecule has 0 heterocycles. The van der Waals surface area contributed by atoms with E-state index in [1.165, 1.54) is 25.3 Å². The fraction of sp³-hybridized carbons (Fsp3) is 0.438. The molecule has 126 valence electrons. The molecule has 0 amide bonds. The number of methoxy groups -OCH3 is 1. The van der Waals surface area contributed by atoms with E-state index in [2.05, 4.69) is 4.74 Å². The highest BCUT2D eigenvalue weighted by molar-refractivity contribution is 5.92. The van der Waals surface area contributed by atoms with Crippen LogP contribution in [0.4, 0.5) is 0 Å². The van der Waals surface area contributed by atoms with Gasteiger partial charge in [-0.3, -0.25) is 9.59 Å². The van der Waals surface area contributed by atoms with E-state index < -0.39 is 17.9 Å². The lowest BCUT2D eigenvalue weighted by Gasteiger charge is -2.07. The van der Waals surface area contributed by atoms with Gasteiger partial charge in [0.05, 0.1) is 7.11 Å². The van der Waals surface area contributed by atoms with Crippen molar-refractivity contribution in [3.63, 3.8) is 0 Å². The summed E-state index contributed by atoms with van der Waals surface area (Å²) in [6, 6.07) is 3.89. The summed E-state index contributed by atoms with van der Waals surface area (Å²) in [6.45, 7) is 0. The van der Waals surface area contributed by atoms with Gasteiger partial charge in [-0.2, -0.15) is 0 Å². The van der Waals surface area contributed by atoms with Crippen LogP contribution >= 0.6 is 0 Å². The van der Waals surface area contributed by atoms with Crippen LogP contribution in [0.5, 0.6) is 11.5 Å². The Balaban J connectivity index is 2.36. The third kappa shape index (κ3) is 6.82. The van der Waals surface area contributed by atoms with Crippen LogP contribution in [0, 0.1) is 0 Å². The number of benzene rings is 1. The van der Waals surface area contributed by atoms with Gasteiger partial charge in [0.2, 0.25) is 0 Å². The van der Waals surface area contributed by atoms with Crippen molar-refractivity contribution < 1.29 is 34.1 Å². The number of phenolic OH excluding ortho intramolecular Hbond substituents is 1. The average Bonchev–Trinajstić information content (AvgIpc) is 2.50. The van der Waals surface area contributed by atoms with Crippen molar-refractivity contribution >= 4 is 17.9 Å². The predicted molar refractivity (Wildman–Crippen MR) is 80.4 cm³/mol. The highest BCUT2D eigenvalue weighted by Gasteiger charge is 2.13. The lowest BCUT2D eigenvalue weighted by atomic mass is 10.1. The maximum atomic E-state index is 11.7. The highest BCUT2D eigenvalue weighted by atomic mass is 16.5. The minimum absolute atomic E-state index is 0.00858. The van der Waals surface area contributed by atoms with Gasteiger partial charge >= 0.3 is 17.9 Å². The molecule has 0 unspecified atom stereocenters. The van der Waals surface area contributed by atoms with Crippen LogP contribution in [0.3, 0.4) is 0 Å². The molecule has 0 aliphatic rings. The average molecular weight is 324 g/mol. The van der Waals surface area contributed by atoms with Crippen LogP contribution in [0.2, 0.25) is 0 Å². The number of carboxylic acid groups (broad SMARTS) is 1. The van der Waals surface area contributed by atoms with Gasteiger partial charge in [-0.05, 0) is 25.0 Å². The molecule has 23 heavy (non-hydrogen) atoms. The summed E-state index contributed by atoms with van der Waals surface area (Å²) in [4.78, 5) is 33.3. The first-order chi connectivity index (χ1) is 10.9. The van der Waals surface area contributed by atoms with Crippen molar-refractivity contribution in [1.82, 2.24) is 0 Å². The number of carbonyl (C=O) groups is 3. The van der Waals surface area contributed by atoms with Crippen molar-refractivity contribution in [2.75, 3.05) is 7.11 Å². The Bertz CT molecular complexity index is 566. The minimum Gasteiger partial charge on any atom is -0.507 e. The second kappa shape index (κ2) is 9.45. The van der Waals surface area contributed by atoms with E-state index in [1.54, 1.807) is 0 Å². The molecule has 1 aromatic rings. The van der Waals surface area contributed by atoms with E-state index in [-0.39, 0.29) is 29.9 Å². The van der Waals surface area contributed by atoms with Crippen molar-refractivity contribution in [3.05, 3.63) is 23.8 Å². The molecule has 1 aromatic carbocycles. The fourth-order valence-electron chi connectivity index (χ4n) is 1.94. The van der Waals surface area contributed by atoms with Crippen molar-refractivity contribution in [1.29, 1.82) is 0 Å². The number of carbonyl (C=O) groups excluding carboxylic acids is 2. The summed E-state index contributed by atoms with van der Waals surface area (Å²) in [6.07, 6.45) is 3.02. The molecule has 0 atom stereocenters. The molecule has 2 N–H and O–H groups in total. The second-order valence-corrected chi connectivity index (χ2v) is 4.95. The molecule has 0 saturated heterocycles. The Morgan fingerprint density at radius 3 is 2.26 bits per heavy atom. The Labute approximate surface area is 133 Å². The summed E-state index contributed by atoms with van der Waals surface area (Å²) in [7, 11) is 1.20. The smallest absolute Gasteiger partial charge is 0.341 e. The van der Waals surface area contributed by atoms with Gasteiger partial charge in [-0.15, -0.1) is 0 Å². The van der Waals surface area contributed by atoms with Gasteiger partial charge in [0.25, 0.3) is 0 Å². The van der Waals surface area contributed by atoms with Crippen molar-refractivity contribution in [2.45, 2.75) is 38.5 Å². The molecule has 0 bridgehead atoms. The van der Waals surface area contributed by atoms with E-state index in [4.69, 9.17) is 9.84 Å². The quantitative estimate of drug-likeness (QED) is 0.408.